The lowest BCUT2D eigenvalue weighted by molar-refractivity contribution is -0.0277. The van der Waals surface area contributed by atoms with Crippen molar-refractivity contribution in [2.45, 2.75) is 71.3 Å². The summed E-state index contributed by atoms with van der Waals surface area (Å²) in [6, 6.07) is 0. The van der Waals surface area contributed by atoms with Gasteiger partial charge in [0.1, 0.15) is 0 Å². The number of hydrogen-bond acceptors (Lipinski definition) is 2. The first kappa shape index (κ1) is 14.8. The van der Waals surface area contributed by atoms with E-state index in [4.69, 9.17) is 0 Å². The Kier molecular flexibility index (Phi) is 4.42. The third-order valence-electron chi connectivity index (χ3n) is 6.55. The molecule has 1 aliphatic heterocycles. The normalized spacial score (nSPS) is 40.2. The summed E-state index contributed by atoms with van der Waals surface area (Å²) >= 11 is 0. The van der Waals surface area contributed by atoms with Crippen molar-refractivity contribution in [1.82, 2.24) is 4.90 Å². The van der Waals surface area contributed by atoms with Crippen LogP contribution in [0.4, 0.5) is 0 Å². The number of hydrogen-bond donors (Lipinski definition) is 1. The second-order valence-electron chi connectivity index (χ2n) is 8.39. The van der Waals surface area contributed by atoms with Gasteiger partial charge in [0.2, 0.25) is 0 Å². The van der Waals surface area contributed by atoms with Gasteiger partial charge in [-0.3, -0.25) is 0 Å². The second-order valence-corrected chi connectivity index (χ2v) is 8.39. The Morgan fingerprint density at radius 3 is 2.20 bits per heavy atom. The highest BCUT2D eigenvalue weighted by molar-refractivity contribution is 4.98. The average molecular weight is 279 g/mol. The monoisotopic (exact) mass is 279 g/mol. The van der Waals surface area contributed by atoms with E-state index < -0.39 is 0 Å². The third kappa shape index (κ3) is 3.22. The molecule has 3 fully saturated rings. The van der Waals surface area contributed by atoms with Gasteiger partial charge in [0.05, 0.1) is 6.10 Å². The van der Waals surface area contributed by atoms with Crippen molar-refractivity contribution in [3.63, 3.8) is 0 Å². The van der Waals surface area contributed by atoms with E-state index in [-0.39, 0.29) is 6.10 Å². The first-order valence-electron chi connectivity index (χ1n) is 8.97. The van der Waals surface area contributed by atoms with Crippen LogP contribution >= 0.6 is 0 Å². The number of aliphatic hydroxyl groups excluding tert-OH is 1. The summed E-state index contributed by atoms with van der Waals surface area (Å²) in [5.74, 6) is 2.85. The Morgan fingerprint density at radius 2 is 1.65 bits per heavy atom. The lowest BCUT2D eigenvalue weighted by Crippen LogP contribution is -2.47. The molecule has 3 aliphatic rings. The molecule has 0 radical (unpaired) electrons. The van der Waals surface area contributed by atoms with Crippen molar-refractivity contribution in [3.8, 4) is 0 Å². The van der Waals surface area contributed by atoms with Crippen molar-refractivity contribution in [3.05, 3.63) is 0 Å². The molecule has 0 amide bonds. The highest BCUT2D eigenvalue weighted by Crippen LogP contribution is 2.56. The number of rotatable bonds is 3. The lowest BCUT2D eigenvalue weighted by Gasteiger charge is -2.53. The fourth-order valence-corrected chi connectivity index (χ4v) is 5.09. The van der Waals surface area contributed by atoms with E-state index in [0.29, 0.717) is 0 Å². The Labute approximate surface area is 124 Å². The van der Waals surface area contributed by atoms with E-state index >= 15 is 0 Å². The number of likely N-dealkylation sites (tertiary alicyclic amines) is 1. The van der Waals surface area contributed by atoms with Crippen LogP contribution in [0.15, 0.2) is 0 Å². The van der Waals surface area contributed by atoms with E-state index in [0.717, 1.165) is 49.1 Å². The van der Waals surface area contributed by atoms with E-state index in [2.05, 4.69) is 18.7 Å². The van der Waals surface area contributed by atoms with Gasteiger partial charge in [-0.05, 0) is 74.5 Å². The lowest BCUT2D eigenvalue weighted by atomic mass is 9.54. The number of nitrogens with zero attached hydrogens (tertiary/aromatic N) is 1. The molecule has 116 valence electrons. The van der Waals surface area contributed by atoms with Crippen LogP contribution in [0.3, 0.4) is 0 Å². The van der Waals surface area contributed by atoms with Crippen molar-refractivity contribution in [2.24, 2.45) is 23.2 Å². The van der Waals surface area contributed by atoms with Gasteiger partial charge in [-0.2, -0.15) is 0 Å². The SMILES string of the molecule is CC(C)C1CCC2(CC1)CC(CN1CCC(O)CC1)C2. The molecule has 20 heavy (non-hydrogen) atoms. The third-order valence-corrected chi connectivity index (χ3v) is 6.55. The zero-order chi connectivity index (χ0) is 14.2. The van der Waals surface area contributed by atoms with Gasteiger partial charge in [-0.25, -0.2) is 0 Å². The fraction of sp³-hybridized carbons (Fsp3) is 1.00. The molecule has 1 N–H and O–H groups in total. The van der Waals surface area contributed by atoms with E-state index in [9.17, 15) is 5.11 Å². The Bertz CT molecular complexity index is 303. The topological polar surface area (TPSA) is 23.5 Å². The van der Waals surface area contributed by atoms with E-state index in [1.165, 1.54) is 45.1 Å². The van der Waals surface area contributed by atoms with E-state index in [1.807, 2.05) is 0 Å². The van der Waals surface area contributed by atoms with Crippen molar-refractivity contribution < 1.29 is 5.11 Å². The van der Waals surface area contributed by atoms with E-state index in [1.54, 1.807) is 0 Å². The molecular formula is C18H33NO. The van der Waals surface area contributed by atoms with Crippen LogP contribution in [0.1, 0.15) is 65.2 Å². The largest absolute Gasteiger partial charge is 0.393 e. The van der Waals surface area contributed by atoms with Gasteiger partial charge in [0, 0.05) is 19.6 Å². The summed E-state index contributed by atoms with van der Waals surface area (Å²) in [5, 5.41) is 9.57. The van der Waals surface area contributed by atoms with Gasteiger partial charge in [-0.1, -0.05) is 13.8 Å². The highest BCUT2D eigenvalue weighted by atomic mass is 16.3. The van der Waals surface area contributed by atoms with Crippen LogP contribution < -0.4 is 0 Å². The van der Waals surface area contributed by atoms with Crippen molar-refractivity contribution in [2.75, 3.05) is 19.6 Å². The van der Waals surface area contributed by atoms with Crippen LogP contribution in [0.25, 0.3) is 0 Å². The summed E-state index contributed by atoms with van der Waals surface area (Å²) in [4.78, 5) is 2.60. The fourth-order valence-electron chi connectivity index (χ4n) is 5.09. The van der Waals surface area contributed by atoms with Crippen molar-refractivity contribution in [1.29, 1.82) is 0 Å². The minimum absolute atomic E-state index is 0.0229. The second kappa shape index (κ2) is 5.96. The minimum Gasteiger partial charge on any atom is -0.393 e. The number of aliphatic hydroxyl groups is 1. The Balaban J connectivity index is 1.38. The van der Waals surface area contributed by atoms with Crippen LogP contribution in [-0.2, 0) is 0 Å². The molecule has 1 heterocycles. The molecule has 2 heteroatoms. The Morgan fingerprint density at radius 1 is 1.05 bits per heavy atom. The van der Waals surface area contributed by atoms with Gasteiger partial charge >= 0.3 is 0 Å². The summed E-state index contributed by atoms with van der Waals surface area (Å²) in [6.07, 6.45) is 10.9. The summed E-state index contributed by atoms with van der Waals surface area (Å²) in [6.45, 7) is 8.36. The molecule has 0 unspecified atom stereocenters. The Hall–Kier alpha value is -0.0800. The number of piperidine rings is 1. The molecular weight excluding hydrogens is 246 g/mol. The molecule has 1 spiro atoms. The summed E-state index contributed by atoms with van der Waals surface area (Å²) in [5.41, 5.74) is 0.755. The van der Waals surface area contributed by atoms with Gasteiger partial charge in [-0.15, -0.1) is 0 Å². The van der Waals surface area contributed by atoms with Crippen LogP contribution in [0.2, 0.25) is 0 Å². The highest BCUT2D eigenvalue weighted by Gasteiger charge is 2.46. The zero-order valence-corrected chi connectivity index (χ0v) is 13.5. The predicted molar refractivity (Wildman–Crippen MR) is 83.6 cm³/mol. The zero-order valence-electron chi connectivity index (χ0n) is 13.5. The quantitative estimate of drug-likeness (QED) is 0.852. The van der Waals surface area contributed by atoms with Gasteiger partial charge in [0.25, 0.3) is 0 Å². The molecule has 0 aromatic heterocycles. The summed E-state index contributed by atoms with van der Waals surface area (Å²) in [7, 11) is 0. The first-order chi connectivity index (χ1) is 9.56. The minimum atomic E-state index is -0.0229. The van der Waals surface area contributed by atoms with Crippen LogP contribution in [-0.4, -0.2) is 35.7 Å². The standard InChI is InChI=1S/C18H33NO/c1-14(2)16-3-7-18(8-4-16)11-15(12-18)13-19-9-5-17(20)6-10-19/h14-17,20H,3-13H2,1-2H3. The van der Waals surface area contributed by atoms with Crippen LogP contribution in [0.5, 0.6) is 0 Å². The molecule has 0 aromatic carbocycles. The maximum absolute atomic E-state index is 9.57. The maximum Gasteiger partial charge on any atom is 0.0564 e. The molecule has 3 rings (SSSR count). The molecule has 2 saturated carbocycles. The molecule has 2 aliphatic carbocycles. The molecule has 1 saturated heterocycles. The summed E-state index contributed by atoms with van der Waals surface area (Å²) < 4.78 is 0. The maximum atomic E-state index is 9.57. The molecule has 0 bridgehead atoms. The van der Waals surface area contributed by atoms with Gasteiger partial charge in [0.15, 0.2) is 0 Å². The predicted octanol–water partition coefficient (Wildman–Crippen LogP) is 3.69. The molecule has 0 atom stereocenters. The molecule has 2 nitrogen and oxygen atoms in total. The van der Waals surface area contributed by atoms with Crippen LogP contribution in [0, 0.1) is 23.2 Å². The first-order valence-corrected chi connectivity index (χ1v) is 8.97. The van der Waals surface area contributed by atoms with Crippen molar-refractivity contribution >= 4 is 0 Å². The molecule has 0 aromatic rings. The average Bonchev–Trinajstić information content (AvgIpc) is 2.40. The van der Waals surface area contributed by atoms with Gasteiger partial charge < -0.3 is 10.0 Å². The smallest absolute Gasteiger partial charge is 0.0564 e.